The van der Waals surface area contributed by atoms with Gasteiger partial charge >= 0.3 is 13.6 Å². The van der Waals surface area contributed by atoms with Crippen molar-refractivity contribution < 1.29 is 37.1 Å². The first-order chi connectivity index (χ1) is 24.3. The number of aromatic nitrogens is 4. The zero-order chi connectivity index (χ0) is 35.1. The van der Waals surface area contributed by atoms with Crippen LogP contribution in [0.15, 0.2) is 109 Å². The van der Waals surface area contributed by atoms with E-state index in [9.17, 15) is 14.2 Å². The molecule has 0 spiro atoms. The molecule has 2 aromatic heterocycles. The Morgan fingerprint density at radius 1 is 0.920 bits per heavy atom. The fraction of sp³-hybridized carbons (Fsp3) is 0.286. The van der Waals surface area contributed by atoms with Gasteiger partial charge in [-0.25, -0.2) is 24.1 Å². The molecule has 1 N–H and O–H groups in total. The summed E-state index contributed by atoms with van der Waals surface area (Å²) in [5.74, 6) is -1.04. The summed E-state index contributed by atoms with van der Waals surface area (Å²) < 4.78 is 56.0. The van der Waals surface area contributed by atoms with Crippen molar-refractivity contribution in [3.8, 4) is 0 Å². The van der Waals surface area contributed by atoms with E-state index >= 15 is 4.39 Å². The maximum Gasteiger partial charge on any atom is 0.343 e. The van der Waals surface area contributed by atoms with Crippen LogP contribution in [0.2, 0.25) is 0 Å². The van der Waals surface area contributed by atoms with E-state index in [4.69, 9.17) is 18.5 Å². The van der Waals surface area contributed by atoms with E-state index in [-0.39, 0.29) is 42.2 Å². The third-order valence-electron chi connectivity index (χ3n) is 7.84. The van der Waals surface area contributed by atoms with Gasteiger partial charge in [0.25, 0.3) is 5.91 Å². The number of esters is 1. The molecule has 5 aromatic rings. The lowest BCUT2D eigenvalue weighted by Gasteiger charge is -2.28. The van der Waals surface area contributed by atoms with Gasteiger partial charge in [0.05, 0.1) is 31.2 Å². The minimum Gasteiger partial charge on any atom is -0.451 e. The SMILES string of the molecule is CCOP(=O)(OCC)C(C[C@H]1O[C@@H](n2cnc3c(NC(=O)c4ccccc4)ncnc32)C(OC(=O)c2ccccc2)[C@@H]1F)Sc1ccccc1. The second-order valence-electron chi connectivity index (χ2n) is 11.1. The Morgan fingerprint density at radius 3 is 2.18 bits per heavy atom. The molecule has 1 amide bonds. The topological polar surface area (TPSA) is 144 Å². The van der Waals surface area contributed by atoms with Crippen molar-refractivity contribution in [2.75, 3.05) is 18.5 Å². The van der Waals surface area contributed by atoms with Crippen LogP contribution in [-0.2, 0) is 23.1 Å². The van der Waals surface area contributed by atoms with Crippen LogP contribution in [0, 0.1) is 0 Å². The van der Waals surface area contributed by atoms with E-state index in [2.05, 4.69) is 20.3 Å². The number of hydrogen-bond donors (Lipinski definition) is 1. The Hall–Kier alpha value is -4.46. The highest BCUT2D eigenvalue weighted by Crippen LogP contribution is 2.60. The average Bonchev–Trinajstić information content (AvgIpc) is 3.70. The van der Waals surface area contributed by atoms with Crippen molar-refractivity contribution in [3.63, 3.8) is 0 Å². The maximum absolute atomic E-state index is 16.8. The molecule has 1 aliphatic heterocycles. The second kappa shape index (κ2) is 16.0. The fourth-order valence-electron chi connectivity index (χ4n) is 5.56. The Kier molecular flexibility index (Phi) is 11.4. The van der Waals surface area contributed by atoms with Crippen LogP contribution >= 0.6 is 19.4 Å². The Balaban J connectivity index is 1.35. The van der Waals surface area contributed by atoms with Crippen molar-refractivity contribution in [2.24, 2.45) is 0 Å². The number of imidazole rings is 1. The smallest absolute Gasteiger partial charge is 0.343 e. The summed E-state index contributed by atoms with van der Waals surface area (Å²) in [4.78, 5) is 39.1. The largest absolute Gasteiger partial charge is 0.451 e. The third kappa shape index (κ3) is 7.79. The summed E-state index contributed by atoms with van der Waals surface area (Å²) in [6.45, 7) is 3.63. The molecule has 6 rings (SSSR count). The van der Waals surface area contributed by atoms with E-state index in [1.165, 1.54) is 29.0 Å². The number of nitrogens with zero attached hydrogens (tertiary/aromatic N) is 4. The van der Waals surface area contributed by atoms with E-state index in [0.29, 0.717) is 5.56 Å². The highest BCUT2D eigenvalue weighted by Gasteiger charge is 2.52. The number of halogens is 1. The number of alkyl halides is 1. The summed E-state index contributed by atoms with van der Waals surface area (Å²) in [6.07, 6.45) is -3.33. The van der Waals surface area contributed by atoms with Gasteiger partial charge in [-0.05, 0) is 50.2 Å². The van der Waals surface area contributed by atoms with Gasteiger partial charge in [0.15, 0.2) is 35.5 Å². The fourth-order valence-corrected chi connectivity index (χ4v) is 9.31. The second-order valence-corrected chi connectivity index (χ2v) is 15.0. The molecule has 1 saturated heterocycles. The third-order valence-corrected chi connectivity index (χ3v) is 12.1. The van der Waals surface area contributed by atoms with Crippen LogP contribution in [0.3, 0.4) is 0 Å². The van der Waals surface area contributed by atoms with Crippen molar-refractivity contribution in [1.82, 2.24) is 19.5 Å². The van der Waals surface area contributed by atoms with Crippen molar-refractivity contribution in [3.05, 3.63) is 115 Å². The molecule has 3 aromatic carbocycles. The molecule has 50 heavy (non-hydrogen) atoms. The first-order valence-electron chi connectivity index (χ1n) is 16.0. The molecule has 15 heteroatoms. The molecular weight excluding hydrogens is 684 g/mol. The van der Waals surface area contributed by atoms with Crippen LogP contribution in [-0.4, -0.2) is 68.0 Å². The van der Waals surface area contributed by atoms with Crippen LogP contribution in [0.25, 0.3) is 11.2 Å². The maximum atomic E-state index is 16.8. The van der Waals surface area contributed by atoms with Crippen molar-refractivity contribution in [1.29, 1.82) is 0 Å². The van der Waals surface area contributed by atoms with Crippen LogP contribution in [0.5, 0.6) is 0 Å². The number of carbonyl (C=O) groups excluding carboxylic acids is 2. The highest BCUT2D eigenvalue weighted by atomic mass is 32.2. The number of anilines is 1. The van der Waals surface area contributed by atoms with Gasteiger partial charge in [-0.2, -0.15) is 0 Å². The Labute approximate surface area is 292 Å². The lowest BCUT2D eigenvalue weighted by Crippen LogP contribution is -2.34. The minimum absolute atomic E-state index is 0.109. The van der Waals surface area contributed by atoms with Gasteiger partial charge in [0.1, 0.15) is 11.3 Å². The molecular formula is C35H35FN5O7PS. The summed E-state index contributed by atoms with van der Waals surface area (Å²) >= 11 is 1.24. The zero-order valence-corrected chi connectivity index (χ0v) is 28.9. The van der Waals surface area contributed by atoms with Gasteiger partial charge in [0, 0.05) is 16.9 Å². The number of hydrogen-bond acceptors (Lipinski definition) is 11. The number of rotatable bonds is 14. The standard InChI is InChI=1S/C35H35FN5O7PS/c1-3-45-49(44,46-4-2)27(50-25-18-12-7-13-19-25)20-26-28(36)30(48-35(43)24-16-10-6-11-17-24)34(47-26)41-22-39-29-31(37-21-38-32(29)41)40-33(42)23-14-8-5-9-15-23/h5-19,21-22,26-28,30,34H,3-4,20H2,1-2H3,(H,37,38,40,42)/t26-,27?,28-,30?,34-/m1/s1. The van der Waals surface area contributed by atoms with Crippen molar-refractivity contribution >= 4 is 48.2 Å². The molecule has 5 atom stereocenters. The molecule has 260 valence electrons. The van der Waals surface area contributed by atoms with Gasteiger partial charge < -0.3 is 23.8 Å². The average molecular weight is 720 g/mol. The first-order valence-corrected chi connectivity index (χ1v) is 18.5. The zero-order valence-electron chi connectivity index (χ0n) is 27.2. The highest BCUT2D eigenvalue weighted by molar-refractivity contribution is 8.05. The van der Waals surface area contributed by atoms with Crippen molar-refractivity contribution in [2.45, 2.75) is 54.8 Å². The Morgan fingerprint density at radius 2 is 1.54 bits per heavy atom. The number of fused-ring (bicyclic) bond motifs is 1. The first kappa shape index (κ1) is 35.4. The van der Waals surface area contributed by atoms with Gasteiger partial charge in [-0.3, -0.25) is 13.9 Å². The van der Waals surface area contributed by atoms with E-state index in [1.54, 1.807) is 74.5 Å². The lowest BCUT2D eigenvalue weighted by molar-refractivity contribution is -0.0475. The predicted octanol–water partition coefficient (Wildman–Crippen LogP) is 7.31. The summed E-state index contributed by atoms with van der Waals surface area (Å²) in [6, 6.07) is 26.0. The summed E-state index contributed by atoms with van der Waals surface area (Å²) in [5.41, 5.74) is 1.04. The number of carbonyl (C=O) groups is 2. The minimum atomic E-state index is -3.81. The van der Waals surface area contributed by atoms with Crippen LogP contribution in [0.4, 0.5) is 10.2 Å². The molecule has 0 saturated carbocycles. The molecule has 1 fully saturated rings. The quantitative estimate of drug-likeness (QED) is 0.0701. The molecule has 12 nitrogen and oxygen atoms in total. The van der Waals surface area contributed by atoms with Crippen LogP contribution in [0.1, 0.15) is 47.2 Å². The van der Waals surface area contributed by atoms with E-state index in [1.807, 2.05) is 30.3 Å². The van der Waals surface area contributed by atoms with E-state index < -0.39 is 49.1 Å². The lowest BCUT2D eigenvalue weighted by atomic mass is 10.1. The molecule has 3 heterocycles. The molecule has 1 aliphatic rings. The predicted molar refractivity (Wildman–Crippen MR) is 186 cm³/mol. The van der Waals surface area contributed by atoms with E-state index in [0.717, 1.165) is 4.90 Å². The molecule has 0 radical (unpaired) electrons. The van der Waals surface area contributed by atoms with Gasteiger partial charge in [-0.1, -0.05) is 54.6 Å². The number of ether oxygens (including phenoxy) is 2. The number of nitrogens with one attached hydrogen (secondary N) is 1. The number of benzene rings is 3. The molecule has 2 unspecified atom stereocenters. The van der Waals surface area contributed by atoms with Gasteiger partial charge in [-0.15, -0.1) is 11.8 Å². The number of amides is 1. The molecule has 0 aliphatic carbocycles. The Bertz CT molecular complexity index is 1950. The molecule has 0 bridgehead atoms. The normalized spacial score (nSPS) is 19.7. The number of thioether (sulfide) groups is 1. The monoisotopic (exact) mass is 719 g/mol. The van der Waals surface area contributed by atoms with Crippen LogP contribution < -0.4 is 5.32 Å². The summed E-state index contributed by atoms with van der Waals surface area (Å²) in [5, 5.41) is 2.75. The van der Waals surface area contributed by atoms with Gasteiger partial charge in [0.2, 0.25) is 0 Å². The summed E-state index contributed by atoms with van der Waals surface area (Å²) in [7, 11) is -3.81.